The molecule has 2 saturated carbocycles. The minimum absolute atomic E-state index is 0.0564. The van der Waals surface area contributed by atoms with Crippen LogP contribution in [0.25, 0.3) is 10.8 Å². The summed E-state index contributed by atoms with van der Waals surface area (Å²) in [5, 5.41) is 6.50. The topological polar surface area (TPSA) is 43.4 Å². The summed E-state index contributed by atoms with van der Waals surface area (Å²) in [6.07, 6.45) is 18.6. The van der Waals surface area contributed by atoms with Gasteiger partial charge in [0.05, 0.1) is 30.0 Å². The van der Waals surface area contributed by atoms with Gasteiger partial charge in [0, 0.05) is 23.8 Å². The summed E-state index contributed by atoms with van der Waals surface area (Å²) in [5.74, 6) is 1.16. The van der Waals surface area contributed by atoms with Gasteiger partial charge in [0.15, 0.2) is 0 Å². The van der Waals surface area contributed by atoms with Gasteiger partial charge >= 0.3 is 0 Å². The van der Waals surface area contributed by atoms with Crippen molar-refractivity contribution in [2.75, 3.05) is 13.2 Å². The molecule has 4 heterocycles. The third-order valence-corrected chi connectivity index (χ3v) is 11.1. The zero-order valence-corrected chi connectivity index (χ0v) is 21.7. The van der Waals surface area contributed by atoms with Gasteiger partial charge < -0.3 is 14.8 Å². The molecule has 4 heteroatoms. The minimum Gasteiger partial charge on any atom is -0.377 e. The Morgan fingerprint density at radius 1 is 1.03 bits per heavy atom. The van der Waals surface area contributed by atoms with Crippen LogP contribution in [0.4, 0.5) is 0 Å². The van der Waals surface area contributed by atoms with Gasteiger partial charge in [-0.2, -0.15) is 0 Å². The van der Waals surface area contributed by atoms with Crippen LogP contribution < -0.4 is 5.32 Å². The second kappa shape index (κ2) is 7.30. The lowest BCUT2D eigenvalue weighted by Crippen LogP contribution is -2.63. The maximum atomic E-state index is 7.49. The maximum Gasteiger partial charge on any atom is 0.0974 e. The fourth-order valence-corrected chi connectivity index (χ4v) is 9.38. The molecule has 6 aliphatic rings. The van der Waals surface area contributed by atoms with Crippen molar-refractivity contribution in [1.82, 2.24) is 10.3 Å². The molecule has 188 valence electrons. The Balaban J connectivity index is 1.13. The number of nitrogens with one attached hydrogen (secondary N) is 1. The number of rotatable bonds is 3. The van der Waals surface area contributed by atoms with Crippen molar-refractivity contribution in [2.24, 2.45) is 11.3 Å². The number of nitrogens with zero attached hydrogens (tertiary/aromatic N) is 1. The van der Waals surface area contributed by atoms with Crippen molar-refractivity contribution >= 4 is 10.8 Å². The first-order valence-corrected chi connectivity index (χ1v) is 14.2. The fraction of sp³-hybridized carbons (Fsp3) is 0.594. The number of allylic oxidation sites excluding steroid dienone is 1. The SMILES string of the molecule is CC1(N[C@@H]2CCC3=CC4=CCC5(C)[C@@H](c6ccc7ccncc7c6)CC[C@H]5[C@@]45CC[C@]3(C2)O5)COC1. The van der Waals surface area contributed by atoms with Gasteiger partial charge in [0.1, 0.15) is 0 Å². The van der Waals surface area contributed by atoms with E-state index in [2.05, 4.69) is 60.6 Å². The van der Waals surface area contributed by atoms with Crippen LogP contribution in [-0.2, 0) is 9.47 Å². The van der Waals surface area contributed by atoms with E-state index in [0.29, 0.717) is 17.9 Å². The smallest absolute Gasteiger partial charge is 0.0974 e. The van der Waals surface area contributed by atoms with Crippen molar-refractivity contribution in [1.29, 1.82) is 0 Å². The van der Waals surface area contributed by atoms with Crippen molar-refractivity contribution in [3.63, 3.8) is 0 Å². The largest absolute Gasteiger partial charge is 0.377 e. The number of aromatic nitrogens is 1. The van der Waals surface area contributed by atoms with E-state index in [0.717, 1.165) is 32.5 Å². The Morgan fingerprint density at radius 3 is 2.81 bits per heavy atom. The van der Waals surface area contributed by atoms with E-state index in [9.17, 15) is 0 Å². The predicted octanol–water partition coefficient (Wildman–Crippen LogP) is 6.22. The molecule has 0 amide bonds. The average Bonchev–Trinajstić information content (AvgIpc) is 3.38. The number of pyridine rings is 1. The lowest BCUT2D eigenvalue weighted by molar-refractivity contribution is -0.140. The highest BCUT2D eigenvalue weighted by Crippen LogP contribution is 2.69. The lowest BCUT2D eigenvalue weighted by Gasteiger charge is -2.55. The maximum absolute atomic E-state index is 7.49. The molecule has 2 aromatic rings. The summed E-state index contributed by atoms with van der Waals surface area (Å²) in [4.78, 5) is 4.39. The monoisotopic (exact) mass is 482 g/mol. The Kier molecular flexibility index (Phi) is 4.47. The second-order valence-corrected chi connectivity index (χ2v) is 13.3. The zero-order chi connectivity index (χ0) is 24.2. The van der Waals surface area contributed by atoms with Crippen LogP contribution in [0.5, 0.6) is 0 Å². The molecular formula is C32H38N2O2. The molecule has 1 aromatic heterocycles. The van der Waals surface area contributed by atoms with Gasteiger partial charge in [0.25, 0.3) is 0 Å². The molecular weight excluding hydrogens is 444 g/mol. The summed E-state index contributed by atoms with van der Waals surface area (Å²) in [6.45, 7) is 6.56. The summed E-state index contributed by atoms with van der Waals surface area (Å²) in [5.41, 5.74) is 4.83. The first-order valence-electron chi connectivity index (χ1n) is 14.2. The van der Waals surface area contributed by atoms with Crippen LogP contribution in [0.15, 0.2) is 60.0 Å². The van der Waals surface area contributed by atoms with Crippen LogP contribution in [0.2, 0.25) is 0 Å². The van der Waals surface area contributed by atoms with E-state index < -0.39 is 0 Å². The lowest BCUT2D eigenvalue weighted by atomic mass is 9.58. The fourth-order valence-electron chi connectivity index (χ4n) is 9.38. The van der Waals surface area contributed by atoms with Gasteiger partial charge in [-0.25, -0.2) is 0 Å². The van der Waals surface area contributed by atoms with E-state index in [4.69, 9.17) is 9.47 Å². The third-order valence-electron chi connectivity index (χ3n) is 11.1. The van der Waals surface area contributed by atoms with Crippen molar-refractivity contribution in [3.05, 3.63) is 65.5 Å². The second-order valence-electron chi connectivity index (χ2n) is 13.3. The van der Waals surface area contributed by atoms with Crippen LogP contribution in [0.3, 0.4) is 0 Å². The molecule has 1 aromatic carbocycles. The van der Waals surface area contributed by atoms with Gasteiger partial charge in [-0.3, -0.25) is 4.98 Å². The Labute approximate surface area is 214 Å². The van der Waals surface area contributed by atoms with Crippen LogP contribution in [0.1, 0.15) is 76.7 Å². The zero-order valence-electron chi connectivity index (χ0n) is 21.7. The molecule has 6 atom stereocenters. The quantitative estimate of drug-likeness (QED) is 0.564. The molecule has 8 rings (SSSR count). The minimum atomic E-state index is -0.0883. The molecule has 0 radical (unpaired) electrons. The molecule has 1 unspecified atom stereocenters. The van der Waals surface area contributed by atoms with Crippen LogP contribution in [-0.4, -0.2) is 41.0 Å². The third kappa shape index (κ3) is 2.90. The first-order chi connectivity index (χ1) is 17.4. The summed E-state index contributed by atoms with van der Waals surface area (Å²) in [6, 6.07) is 9.74. The highest BCUT2D eigenvalue weighted by atomic mass is 16.5. The molecule has 2 spiro atoms. The highest BCUT2D eigenvalue weighted by molar-refractivity contribution is 5.82. The van der Waals surface area contributed by atoms with Gasteiger partial charge in [0.2, 0.25) is 0 Å². The predicted molar refractivity (Wildman–Crippen MR) is 142 cm³/mol. The van der Waals surface area contributed by atoms with E-state index in [1.54, 1.807) is 5.57 Å². The number of hydrogen-bond acceptors (Lipinski definition) is 4. The van der Waals surface area contributed by atoms with Crippen molar-refractivity contribution in [3.8, 4) is 0 Å². The van der Waals surface area contributed by atoms with E-state index in [1.807, 2.05) is 12.4 Å². The summed E-state index contributed by atoms with van der Waals surface area (Å²) in [7, 11) is 0. The average molecular weight is 483 g/mol. The standard InChI is InChI=1S/C32H38N2O2/c1-29(19-35-20-29)34-26-6-5-24-16-25-9-11-30(2)27(22-4-3-21-10-14-33-18-23(21)15-22)7-8-28(30)32(25)13-12-31(24,17-26)36-32/h3-4,9-10,14-16,18,26-28,34H,5-8,11-13,17,19-20H2,1-2H3/t26-,27-,28-,30?,31-,32-/m1/s1. The molecule has 3 aliphatic heterocycles. The number of benzene rings is 1. The van der Waals surface area contributed by atoms with E-state index >= 15 is 0 Å². The molecule has 3 aliphatic carbocycles. The molecule has 2 bridgehead atoms. The molecule has 2 saturated heterocycles. The van der Waals surface area contributed by atoms with Gasteiger partial charge in [-0.1, -0.05) is 31.2 Å². The molecule has 4 nitrogen and oxygen atoms in total. The van der Waals surface area contributed by atoms with Gasteiger partial charge in [-0.15, -0.1) is 0 Å². The van der Waals surface area contributed by atoms with Crippen LogP contribution >= 0.6 is 0 Å². The van der Waals surface area contributed by atoms with Crippen molar-refractivity contribution in [2.45, 2.75) is 93.9 Å². The molecule has 4 fully saturated rings. The molecule has 1 N–H and O–H groups in total. The number of ether oxygens (including phenoxy) is 2. The Bertz CT molecular complexity index is 1310. The van der Waals surface area contributed by atoms with Crippen LogP contribution in [0, 0.1) is 11.3 Å². The van der Waals surface area contributed by atoms with E-state index in [-0.39, 0.29) is 22.2 Å². The first kappa shape index (κ1) is 22.0. The van der Waals surface area contributed by atoms with Crippen molar-refractivity contribution < 1.29 is 9.47 Å². The van der Waals surface area contributed by atoms with E-state index in [1.165, 1.54) is 54.0 Å². The normalized spacial score (nSPS) is 42.1. The number of fused-ring (bicyclic) bond motifs is 2. The summed E-state index contributed by atoms with van der Waals surface area (Å²) >= 11 is 0. The summed E-state index contributed by atoms with van der Waals surface area (Å²) < 4.78 is 13.0. The van der Waals surface area contributed by atoms with Gasteiger partial charge in [-0.05, 0) is 110 Å². The number of hydrogen-bond donors (Lipinski definition) is 1. The Hall–Kier alpha value is -2.01. The highest BCUT2D eigenvalue weighted by Gasteiger charge is 2.66. The molecule has 36 heavy (non-hydrogen) atoms. The Morgan fingerprint density at radius 2 is 1.94 bits per heavy atom.